The number of carbonyl (C=O) groups is 2. The van der Waals surface area contributed by atoms with Gasteiger partial charge in [-0.15, -0.1) is 0 Å². The molecule has 0 saturated carbocycles. The maximum Gasteiger partial charge on any atom is 0.410 e. The maximum absolute atomic E-state index is 11.6. The number of carboxylic acid groups (broad SMARTS) is 1. The highest BCUT2D eigenvalue weighted by Gasteiger charge is 2.37. The highest BCUT2D eigenvalue weighted by atomic mass is 16.6. The molecular formula is C19H26N4O4. The summed E-state index contributed by atoms with van der Waals surface area (Å²) in [5.41, 5.74) is 2.27. The maximum atomic E-state index is 11.6. The van der Waals surface area contributed by atoms with E-state index >= 15 is 0 Å². The van der Waals surface area contributed by atoms with Gasteiger partial charge in [-0.05, 0) is 18.1 Å². The van der Waals surface area contributed by atoms with Crippen molar-refractivity contribution in [3.63, 3.8) is 0 Å². The molecule has 2 aromatic rings. The van der Waals surface area contributed by atoms with Gasteiger partial charge in [-0.3, -0.25) is 14.6 Å². The summed E-state index contributed by atoms with van der Waals surface area (Å²) in [6, 6.07) is 8.53. The summed E-state index contributed by atoms with van der Waals surface area (Å²) in [5.74, 6) is 1.68. The highest BCUT2D eigenvalue weighted by Crippen LogP contribution is 2.22. The molecule has 2 aliphatic rings. The van der Waals surface area contributed by atoms with Crippen molar-refractivity contribution < 1.29 is 19.4 Å². The molecule has 8 nitrogen and oxygen atoms in total. The fourth-order valence-corrected chi connectivity index (χ4v) is 3.71. The molecule has 8 heteroatoms. The largest absolute Gasteiger partial charge is 0.483 e. The van der Waals surface area contributed by atoms with Crippen molar-refractivity contribution in [2.24, 2.45) is 5.92 Å². The molecule has 2 saturated heterocycles. The van der Waals surface area contributed by atoms with Gasteiger partial charge in [0.05, 0.1) is 23.6 Å². The lowest BCUT2D eigenvalue weighted by molar-refractivity contribution is -0.122. The van der Waals surface area contributed by atoms with Gasteiger partial charge in [0, 0.05) is 26.2 Å². The highest BCUT2D eigenvalue weighted by molar-refractivity contribution is 5.75. The van der Waals surface area contributed by atoms with Crippen LogP contribution in [0.2, 0.25) is 0 Å². The molecule has 146 valence electrons. The summed E-state index contributed by atoms with van der Waals surface area (Å²) in [6.45, 7) is 9.00. The van der Waals surface area contributed by atoms with Gasteiger partial charge in [-0.2, -0.15) is 0 Å². The second-order valence-electron chi connectivity index (χ2n) is 7.29. The number of nitrogens with zero attached hydrogens (tertiary/aromatic N) is 4. The van der Waals surface area contributed by atoms with Crippen LogP contribution in [-0.2, 0) is 22.6 Å². The first-order chi connectivity index (χ1) is 13.0. The predicted molar refractivity (Wildman–Crippen MR) is 100 cm³/mol. The standard InChI is InChI=1S/C18H24N4O2.CH2O2/c1-13(2)9-22-16-6-4-3-5-15(16)19-17(22)11-20-7-8-21-14(10-20)12-24-18(21)23;2-1-3/h3-6,13-14H,7-12H2,1-2H3;1H,(H,2,3). The van der Waals surface area contributed by atoms with Crippen molar-refractivity contribution in [2.45, 2.75) is 33.0 Å². The number of rotatable bonds is 4. The molecule has 1 aromatic carbocycles. The van der Waals surface area contributed by atoms with Gasteiger partial charge in [-0.25, -0.2) is 9.78 Å². The Morgan fingerprint density at radius 1 is 1.33 bits per heavy atom. The van der Waals surface area contributed by atoms with Crippen molar-refractivity contribution >= 4 is 23.6 Å². The van der Waals surface area contributed by atoms with E-state index in [1.807, 2.05) is 11.0 Å². The van der Waals surface area contributed by atoms with E-state index in [0.717, 1.165) is 44.1 Å². The van der Waals surface area contributed by atoms with Crippen LogP contribution in [0.1, 0.15) is 19.7 Å². The van der Waals surface area contributed by atoms with E-state index in [1.54, 1.807) is 0 Å². The van der Waals surface area contributed by atoms with Gasteiger partial charge in [0.15, 0.2) is 0 Å². The van der Waals surface area contributed by atoms with E-state index in [2.05, 4.69) is 41.5 Å². The minimum atomic E-state index is -0.250. The van der Waals surface area contributed by atoms with Crippen LogP contribution in [0.25, 0.3) is 11.0 Å². The summed E-state index contributed by atoms with van der Waals surface area (Å²) in [5, 5.41) is 6.89. The molecule has 0 spiro atoms. The Morgan fingerprint density at radius 3 is 2.81 bits per heavy atom. The number of hydrogen-bond donors (Lipinski definition) is 1. The van der Waals surface area contributed by atoms with Gasteiger partial charge >= 0.3 is 6.09 Å². The van der Waals surface area contributed by atoms with Crippen LogP contribution in [0.5, 0.6) is 0 Å². The van der Waals surface area contributed by atoms with Gasteiger partial charge in [0.1, 0.15) is 12.4 Å². The number of carbonyl (C=O) groups excluding carboxylic acids is 1. The normalized spacial score (nSPS) is 19.6. The van der Waals surface area contributed by atoms with Crippen LogP contribution in [0.4, 0.5) is 4.79 Å². The van der Waals surface area contributed by atoms with E-state index in [1.165, 1.54) is 5.52 Å². The van der Waals surface area contributed by atoms with Crippen molar-refractivity contribution in [3.05, 3.63) is 30.1 Å². The third-order valence-electron chi connectivity index (χ3n) is 4.85. The smallest absolute Gasteiger partial charge is 0.410 e. The molecule has 3 heterocycles. The van der Waals surface area contributed by atoms with Crippen molar-refractivity contribution in [2.75, 3.05) is 26.2 Å². The van der Waals surface area contributed by atoms with Crippen LogP contribution >= 0.6 is 0 Å². The van der Waals surface area contributed by atoms with E-state index in [9.17, 15) is 4.79 Å². The average Bonchev–Trinajstić information content (AvgIpc) is 3.16. The number of fused-ring (bicyclic) bond motifs is 2. The number of amides is 1. The Kier molecular flexibility index (Phi) is 5.95. The quantitative estimate of drug-likeness (QED) is 0.824. The number of piperazine rings is 1. The molecule has 27 heavy (non-hydrogen) atoms. The first kappa shape index (κ1) is 19.2. The van der Waals surface area contributed by atoms with Gasteiger partial charge < -0.3 is 14.4 Å². The van der Waals surface area contributed by atoms with E-state index in [-0.39, 0.29) is 18.6 Å². The molecule has 1 unspecified atom stereocenters. The van der Waals surface area contributed by atoms with Crippen LogP contribution in [-0.4, -0.2) is 69.3 Å². The number of aromatic nitrogens is 2. The molecule has 1 aromatic heterocycles. The Morgan fingerprint density at radius 2 is 2.07 bits per heavy atom. The Hall–Kier alpha value is -2.61. The number of imidazole rings is 1. The van der Waals surface area contributed by atoms with Gasteiger partial charge in [0.2, 0.25) is 0 Å². The van der Waals surface area contributed by atoms with Gasteiger partial charge in [-0.1, -0.05) is 26.0 Å². The summed E-state index contributed by atoms with van der Waals surface area (Å²) in [4.78, 5) is 29.1. The minimum Gasteiger partial charge on any atom is -0.483 e. The average molecular weight is 374 g/mol. The Balaban J connectivity index is 0.000000659. The fraction of sp³-hybridized carbons (Fsp3) is 0.526. The number of benzene rings is 1. The molecule has 2 aliphatic heterocycles. The number of cyclic esters (lactones) is 1. The minimum absolute atomic E-state index is 0.160. The van der Waals surface area contributed by atoms with Crippen LogP contribution in [0.3, 0.4) is 0 Å². The lowest BCUT2D eigenvalue weighted by atomic mass is 10.2. The van der Waals surface area contributed by atoms with Crippen molar-refractivity contribution in [3.8, 4) is 0 Å². The molecule has 0 radical (unpaired) electrons. The van der Waals surface area contributed by atoms with Crippen molar-refractivity contribution in [1.82, 2.24) is 19.4 Å². The molecule has 1 atom stereocenters. The summed E-state index contributed by atoms with van der Waals surface area (Å²) < 4.78 is 7.51. The predicted octanol–water partition coefficient (Wildman–Crippen LogP) is 2.03. The Bertz CT molecular complexity index is 804. The van der Waals surface area contributed by atoms with Crippen LogP contribution in [0, 0.1) is 5.92 Å². The monoisotopic (exact) mass is 374 g/mol. The van der Waals surface area contributed by atoms with Crippen LogP contribution < -0.4 is 0 Å². The third kappa shape index (κ3) is 4.21. The molecule has 0 bridgehead atoms. The Labute approximate surface area is 158 Å². The van der Waals surface area contributed by atoms with E-state index < -0.39 is 0 Å². The number of ether oxygens (including phenoxy) is 1. The zero-order chi connectivity index (χ0) is 19.4. The fourth-order valence-electron chi connectivity index (χ4n) is 3.71. The molecule has 1 amide bonds. The first-order valence-corrected chi connectivity index (χ1v) is 9.21. The van der Waals surface area contributed by atoms with E-state index in [0.29, 0.717) is 12.5 Å². The van der Waals surface area contributed by atoms with E-state index in [4.69, 9.17) is 19.6 Å². The van der Waals surface area contributed by atoms with Crippen LogP contribution in [0.15, 0.2) is 24.3 Å². The number of para-hydroxylation sites is 2. The second-order valence-corrected chi connectivity index (χ2v) is 7.29. The molecule has 2 fully saturated rings. The lowest BCUT2D eigenvalue weighted by Crippen LogP contribution is -2.51. The zero-order valence-corrected chi connectivity index (χ0v) is 15.7. The first-order valence-electron chi connectivity index (χ1n) is 9.21. The molecule has 0 aliphatic carbocycles. The second kappa shape index (κ2) is 8.39. The SMILES string of the molecule is CC(C)Cn1c(CN2CCN3C(=O)OCC3C2)nc2ccccc21.O=CO. The number of hydrogen-bond acceptors (Lipinski definition) is 5. The summed E-state index contributed by atoms with van der Waals surface area (Å²) in [7, 11) is 0. The summed E-state index contributed by atoms with van der Waals surface area (Å²) >= 11 is 0. The lowest BCUT2D eigenvalue weighted by Gasteiger charge is -2.35. The molecular weight excluding hydrogens is 348 g/mol. The topological polar surface area (TPSA) is 87.9 Å². The zero-order valence-electron chi connectivity index (χ0n) is 15.7. The summed E-state index contributed by atoms with van der Waals surface area (Å²) in [6.07, 6.45) is -0.160. The molecule has 4 rings (SSSR count). The van der Waals surface area contributed by atoms with Crippen molar-refractivity contribution in [1.29, 1.82) is 0 Å². The van der Waals surface area contributed by atoms with Gasteiger partial charge in [0.25, 0.3) is 6.47 Å². The molecule has 1 N–H and O–H groups in total. The third-order valence-corrected chi connectivity index (χ3v) is 4.85.